The van der Waals surface area contributed by atoms with Crippen LogP contribution in [0.15, 0.2) is 42.7 Å². The standard InChI is InChI=1S/C23H22ClN3O5/c1-4-32-23(29)21-19-12-26(11-14-5-7-16(30-2)10-20(14)31-3)22(28)17-9-15(24)6-8-18(17)27(19)13-25-21/h5-10,13H,4,11-12H2,1-3H3. The molecule has 1 aliphatic rings. The lowest BCUT2D eigenvalue weighted by Gasteiger charge is -2.22. The van der Waals surface area contributed by atoms with Gasteiger partial charge in [0, 0.05) is 16.7 Å². The molecule has 0 bridgehead atoms. The number of hydrogen-bond acceptors (Lipinski definition) is 6. The highest BCUT2D eigenvalue weighted by molar-refractivity contribution is 6.31. The minimum atomic E-state index is -0.534. The van der Waals surface area contributed by atoms with Crippen molar-refractivity contribution in [3.05, 3.63) is 70.3 Å². The summed E-state index contributed by atoms with van der Waals surface area (Å²) in [5.41, 5.74) is 2.54. The highest BCUT2D eigenvalue weighted by Crippen LogP contribution is 2.32. The molecule has 2 aromatic carbocycles. The van der Waals surface area contributed by atoms with Gasteiger partial charge in [-0.2, -0.15) is 0 Å². The summed E-state index contributed by atoms with van der Waals surface area (Å²) in [5.74, 6) is 0.478. The fourth-order valence-corrected chi connectivity index (χ4v) is 3.90. The summed E-state index contributed by atoms with van der Waals surface area (Å²) >= 11 is 6.20. The Kier molecular flexibility index (Phi) is 6.05. The maximum atomic E-state index is 13.5. The minimum Gasteiger partial charge on any atom is -0.497 e. The zero-order valence-electron chi connectivity index (χ0n) is 17.9. The van der Waals surface area contributed by atoms with E-state index >= 15 is 0 Å². The number of ether oxygens (including phenoxy) is 3. The molecule has 0 spiro atoms. The third-order valence-corrected chi connectivity index (χ3v) is 5.50. The molecular weight excluding hydrogens is 434 g/mol. The largest absolute Gasteiger partial charge is 0.497 e. The van der Waals surface area contributed by atoms with Gasteiger partial charge in [0.25, 0.3) is 5.91 Å². The van der Waals surface area contributed by atoms with Gasteiger partial charge in [0.15, 0.2) is 5.69 Å². The lowest BCUT2D eigenvalue weighted by molar-refractivity contribution is 0.0514. The number of carbonyl (C=O) groups is 2. The number of benzene rings is 2. The Hall–Kier alpha value is -3.52. The Bertz CT molecular complexity index is 1190. The molecule has 0 N–H and O–H groups in total. The summed E-state index contributed by atoms with van der Waals surface area (Å²) in [6.07, 6.45) is 1.53. The van der Waals surface area contributed by atoms with Gasteiger partial charge in [-0.05, 0) is 37.3 Å². The van der Waals surface area contributed by atoms with E-state index in [1.807, 2.05) is 6.07 Å². The summed E-state index contributed by atoms with van der Waals surface area (Å²) < 4.78 is 17.7. The molecule has 0 unspecified atom stereocenters. The van der Waals surface area contributed by atoms with E-state index in [2.05, 4.69) is 4.98 Å². The molecule has 0 saturated heterocycles. The SMILES string of the molecule is CCOC(=O)c1ncn2c1CN(Cc1ccc(OC)cc1OC)C(=O)c1cc(Cl)ccc1-2. The molecule has 0 saturated carbocycles. The van der Waals surface area contributed by atoms with Crippen LogP contribution in [0.25, 0.3) is 5.69 Å². The molecule has 32 heavy (non-hydrogen) atoms. The number of nitrogens with zero attached hydrogens (tertiary/aromatic N) is 3. The molecule has 1 amide bonds. The quantitative estimate of drug-likeness (QED) is 0.525. The van der Waals surface area contributed by atoms with Gasteiger partial charge in [-0.3, -0.25) is 9.36 Å². The summed E-state index contributed by atoms with van der Waals surface area (Å²) in [5, 5.41) is 0.438. The zero-order valence-corrected chi connectivity index (χ0v) is 18.7. The van der Waals surface area contributed by atoms with Crippen LogP contribution in [0, 0.1) is 0 Å². The molecule has 8 nitrogen and oxygen atoms in total. The normalized spacial score (nSPS) is 12.6. The van der Waals surface area contributed by atoms with Crippen molar-refractivity contribution in [1.29, 1.82) is 0 Å². The van der Waals surface area contributed by atoms with Crippen LogP contribution in [0.5, 0.6) is 11.5 Å². The predicted octanol–water partition coefficient (Wildman–Crippen LogP) is 3.88. The van der Waals surface area contributed by atoms with Crippen molar-refractivity contribution >= 4 is 23.5 Å². The Balaban J connectivity index is 1.81. The van der Waals surface area contributed by atoms with Crippen LogP contribution in [-0.2, 0) is 17.8 Å². The van der Waals surface area contributed by atoms with Crippen molar-refractivity contribution in [1.82, 2.24) is 14.5 Å². The molecule has 1 aliphatic heterocycles. The smallest absolute Gasteiger partial charge is 0.358 e. The van der Waals surface area contributed by atoms with Crippen molar-refractivity contribution in [2.75, 3.05) is 20.8 Å². The van der Waals surface area contributed by atoms with Gasteiger partial charge < -0.3 is 19.1 Å². The maximum Gasteiger partial charge on any atom is 0.358 e. The van der Waals surface area contributed by atoms with Crippen LogP contribution in [0.1, 0.15) is 39.0 Å². The number of carbonyl (C=O) groups excluding carboxylic acids is 2. The van der Waals surface area contributed by atoms with Crippen molar-refractivity contribution in [2.24, 2.45) is 0 Å². The monoisotopic (exact) mass is 455 g/mol. The van der Waals surface area contributed by atoms with E-state index in [1.165, 1.54) is 6.33 Å². The molecular formula is C23H22ClN3O5. The molecule has 0 radical (unpaired) electrons. The van der Waals surface area contributed by atoms with Crippen molar-refractivity contribution in [3.63, 3.8) is 0 Å². The number of esters is 1. The van der Waals surface area contributed by atoms with Gasteiger partial charge in [-0.15, -0.1) is 0 Å². The molecule has 166 valence electrons. The van der Waals surface area contributed by atoms with Crippen LogP contribution in [0.4, 0.5) is 0 Å². The Morgan fingerprint density at radius 3 is 2.69 bits per heavy atom. The number of hydrogen-bond donors (Lipinski definition) is 0. The molecule has 0 fully saturated rings. The first-order chi connectivity index (χ1) is 15.5. The number of amides is 1. The van der Waals surface area contributed by atoms with Crippen LogP contribution in [0.3, 0.4) is 0 Å². The molecule has 0 atom stereocenters. The summed E-state index contributed by atoms with van der Waals surface area (Å²) in [6.45, 7) is 2.35. The average Bonchev–Trinajstić information content (AvgIpc) is 3.17. The van der Waals surface area contributed by atoms with Gasteiger partial charge in [-0.25, -0.2) is 9.78 Å². The lowest BCUT2D eigenvalue weighted by Crippen LogP contribution is -2.30. The second-order valence-corrected chi connectivity index (χ2v) is 7.57. The molecule has 1 aromatic heterocycles. The number of methoxy groups -OCH3 is 2. The van der Waals surface area contributed by atoms with E-state index in [-0.39, 0.29) is 31.3 Å². The van der Waals surface area contributed by atoms with Gasteiger partial charge in [0.05, 0.1) is 50.9 Å². The molecule has 2 heterocycles. The number of halogens is 1. The predicted molar refractivity (Wildman–Crippen MR) is 118 cm³/mol. The molecule has 4 rings (SSSR count). The molecule has 0 aliphatic carbocycles. The number of rotatable bonds is 6. The Morgan fingerprint density at radius 2 is 1.97 bits per heavy atom. The number of fused-ring (bicyclic) bond motifs is 3. The summed E-state index contributed by atoms with van der Waals surface area (Å²) in [7, 11) is 3.14. The molecule has 9 heteroatoms. The third kappa shape index (κ3) is 3.89. The van der Waals surface area contributed by atoms with E-state index in [0.29, 0.717) is 33.5 Å². The fraction of sp³-hybridized carbons (Fsp3) is 0.261. The van der Waals surface area contributed by atoms with Gasteiger partial charge in [0.2, 0.25) is 0 Å². The van der Waals surface area contributed by atoms with Gasteiger partial charge in [-0.1, -0.05) is 11.6 Å². The van der Waals surface area contributed by atoms with E-state index in [0.717, 1.165) is 5.56 Å². The topological polar surface area (TPSA) is 82.9 Å². The van der Waals surface area contributed by atoms with E-state index in [1.54, 1.807) is 60.9 Å². The first kappa shape index (κ1) is 21.7. The molecule has 3 aromatic rings. The number of imidazole rings is 1. The van der Waals surface area contributed by atoms with E-state index in [4.69, 9.17) is 25.8 Å². The van der Waals surface area contributed by atoms with Crippen LogP contribution < -0.4 is 9.47 Å². The Morgan fingerprint density at radius 1 is 1.16 bits per heavy atom. The van der Waals surface area contributed by atoms with Crippen LogP contribution in [-0.4, -0.2) is 47.2 Å². The first-order valence-corrected chi connectivity index (χ1v) is 10.4. The fourth-order valence-electron chi connectivity index (χ4n) is 3.73. The highest BCUT2D eigenvalue weighted by Gasteiger charge is 2.31. The van der Waals surface area contributed by atoms with Gasteiger partial charge >= 0.3 is 5.97 Å². The van der Waals surface area contributed by atoms with E-state index in [9.17, 15) is 9.59 Å². The minimum absolute atomic E-state index is 0.147. The zero-order chi connectivity index (χ0) is 22.8. The van der Waals surface area contributed by atoms with Crippen molar-refractivity contribution in [3.8, 4) is 17.2 Å². The summed E-state index contributed by atoms with van der Waals surface area (Å²) in [4.78, 5) is 32.0. The first-order valence-electron chi connectivity index (χ1n) is 10.00. The highest BCUT2D eigenvalue weighted by atomic mass is 35.5. The van der Waals surface area contributed by atoms with Crippen LogP contribution >= 0.6 is 11.6 Å². The van der Waals surface area contributed by atoms with Gasteiger partial charge in [0.1, 0.15) is 17.8 Å². The van der Waals surface area contributed by atoms with E-state index < -0.39 is 5.97 Å². The second kappa shape index (κ2) is 8.92. The van der Waals surface area contributed by atoms with Crippen molar-refractivity contribution in [2.45, 2.75) is 20.0 Å². The number of aromatic nitrogens is 2. The summed E-state index contributed by atoms with van der Waals surface area (Å²) in [6, 6.07) is 10.5. The average molecular weight is 456 g/mol. The van der Waals surface area contributed by atoms with Crippen molar-refractivity contribution < 1.29 is 23.8 Å². The van der Waals surface area contributed by atoms with Crippen LogP contribution in [0.2, 0.25) is 5.02 Å². The third-order valence-electron chi connectivity index (χ3n) is 5.27. The lowest BCUT2D eigenvalue weighted by atomic mass is 10.1. The maximum absolute atomic E-state index is 13.5. The second-order valence-electron chi connectivity index (χ2n) is 7.13. The Labute approximate surface area is 190 Å².